The summed E-state index contributed by atoms with van der Waals surface area (Å²) in [7, 11) is 0. The van der Waals surface area contributed by atoms with Crippen LogP contribution < -0.4 is 5.32 Å². The molecule has 1 N–H and O–H groups in total. The summed E-state index contributed by atoms with van der Waals surface area (Å²) >= 11 is 1.65. The average Bonchev–Trinajstić information content (AvgIpc) is 3.54. The molecule has 5 nitrogen and oxygen atoms in total. The lowest BCUT2D eigenvalue weighted by Gasteiger charge is -2.05. The van der Waals surface area contributed by atoms with E-state index in [1.165, 1.54) is 5.56 Å². The Bertz CT molecular complexity index is 1360. The third-order valence-corrected chi connectivity index (χ3v) is 6.73. The Kier molecular flexibility index (Phi) is 6.77. The fraction of sp³-hybridized carbons (Fsp3) is 0.179. The van der Waals surface area contributed by atoms with Crippen molar-refractivity contribution in [2.24, 2.45) is 0 Å². The first kappa shape index (κ1) is 22.0. The first-order valence-electron chi connectivity index (χ1n) is 11.5. The van der Waals surface area contributed by atoms with Gasteiger partial charge in [-0.05, 0) is 47.9 Å². The van der Waals surface area contributed by atoms with E-state index in [2.05, 4.69) is 52.8 Å². The summed E-state index contributed by atoms with van der Waals surface area (Å²) < 4.78 is 1.84. The van der Waals surface area contributed by atoms with Gasteiger partial charge in [0, 0.05) is 23.2 Å². The fourth-order valence-electron chi connectivity index (χ4n) is 4.15. The molecule has 2 aromatic carbocycles. The van der Waals surface area contributed by atoms with Crippen LogP contribution in [0.25, 0.3) is 21.5 Å². The van der Waals surface area contributed by atoms with E-state index in [1.807, 2.05) is 46.5 Å². The molecule has 0 saturated heterocycles. The van der Waals surface area contributed by atoms with Gasteiger partial charge in [-0.15, -0.1) is 11.3 Å². The molecule has 3 aromatic heterocycles. The smallest absolute Gasteiger partial charge is 0.272 e. The van der Waals surface area contributed by atoms with Crippen molar-refractivity contribution in [2.45, 2.75) is 25.8 Å². The van der Waals surface area contributed by atoms with E-state index in [0.29, 0.717) is 18.8 Å². The Balaban J connectivity index is 1.38. The van der Waals surface area contributed by atoms with Crippen molar-refractivity contribution in [3.63, 3.8) is 0 Å². The Morgan fingerprint density at radius 1 is 0.882 bits per heavy atom. The van der Waals surface area contributed by atoms with Gasteiger partial charge in [0.25, 0.3) is 5.91 Å². The molecule has 0 saturated carbocycles. The summed E-state index contributed by atoms with van der Waals surface area (Å²) in [5.74, 6) is -0.151. The molecule has 0 spiro atoms. The van der Waals surface area contributed by atoms with Crippen LogP contribution in [0, 0.1) is 0 Å². The van der Waals surface area contributed by atoms with Gasteiger partial charge in [-0.2, -0.15) is 5.10 Å². The van der Waals surface area contributed by atoms with E-state index in [0.717, 1.165) is 46.3 Å². The van der Waals surface area contributed by atoms with Crippen molar-refractivity contribution in [3.05, 3.63) is 107 Å². The summed E-state index contributed by atoms with van der Waals surface area (Å²) in [5.41, 5.74) is 4.59. The standard InChI is InChI=1S/C28H26N4OS/c33-28(30-17-8-7-12-21-10-3-1-4-11-21)26-25-23(24-15-9-19-34-24)16-18-29-27(25)32(31-26)20-22-13-5-2-6-14-22/h1-6,9-11,13-16,18-19H,7-8,12,17,20H2,(H,30,33). The highest BCUT2D eigenvalue weighted by Crippen LogP contribution is 2.33. The topological polar surface area (TPSA) is 59.8 Å². The van der Waals surface area contributed by atoms with E-state index in [4.69, 9.17) is 5.10 Å². The minimum absolute atomic E-state index is 0.151. The monoisotopic (exact) mass is 466 g/mol. The van der Waals surface area contributed by atoms with Gasteiger partial charge in [-0.1, -0.05) is 66.7 Å². The number of hydrogen-bond donors (Lipinski definition) is 1. The predicted molar refractivity (Wildman–Crippen MR) is 138 cm³/mol. The Morgan fingerprint density at radius 3 is 2.38 bits per heavy atom. The van der Waals surface area contributed by atoms with Gasteiger partial charge < -0.3 is 5.32 Å². The van der Waals surface area contributed by atoms with Gasteiger partial charge in [0.1, 0.15) is 0 Å². The number of hydrogen-bond acceptors (Lipinski definition) is 4. The van der Waals surface area contributed by atoms with E-state index < -0.39 is 0 Å². The summed E-state index contributed by atoms with van der Waals surface area (Å²) in [5, 5.41) is 10.7. The molecular weight excluding hydrogens is 440 g/mol. The normalized spacial score (nSPS) is 11.1. The molecule has 0 aliphatic heterocycles. The Labute approximate surface area is 203 Å². The number of amides is 1. The second-order valence-corrected chi connectivity index (χ2v) is 9.17. The molecule has 170 valence electrons. The molecule has 5 aromatic rings. The largest absolute Gasteiger partial charge is 0.351 e. The highest BCUT2D eigenvalue weighted by Gasteiger charge is 2.22. The second kappa shape index (κ2) is 10.4. The molecule has 0 aliphatic carbocycles. The molecule has 34 heavy (non-hydrogen) atoms. The highest BCUT2D eigenvalue weighted by molar-refractivity contribution is 7.13. The molecule has 0 aliphatic rings. The van der Waals surface area contributed by atoms with Crippen molar-refractivity contribution in [3.8, 4) is 10.4 Å². The third kappa shape index (κ3) is 4.92. The third-order valence-electron chi connectivity index (χ3n) is 5.83. The number of pyridine rings is 1. The molecule has 0 bridgehead atoms. The van der Waals surface area contributed by atoms with Crippen LogP contribution in [0.1, 0.15) is 34.5 Å². The number of fused-ring (bicyclic) bond motifs is 1. The summed E-state index contributed by atoms with van der Waals surface area (Å²) in [4.78, 5) is 19.0. The summed E-state index contributed by atoms with van der Waals surface area (Å²) in [6, 6.07) is 26.6. The van der Waals surface area contributed by atoms with Gasteiger partial charge in [0.2, 0.25) is 0 Å². The van der Waals surface area contributed by atoms with E-state index >= 15 is 0 Å². The highest BCUT2D eigenvalue weighted by atomic mass is 32.1. The zero-order valence-electron chi connectivity index (χ0n) is 18.9. The van der Waals surface area contributed by atoms with E-state index in [1.54, 1.807) is 17.5 Å². The van der Waals surface area contributed by atoms with Crippen molar-refractivity contribution < 1.29 is 4.79 Å². The molecular formula is C28H26N4OS. The average molecular weight is 467 g/mol. The predicted octanol–water partition coefficient (Wildman–Crippen LogP) is 5.96. The maximum Gasteiger partial charge on any atom is 0.272 e. The molecule has 6 heteroatoms. The van der Waals surface area contributed by atoms with Gasteiger partial charge in [0.15, 0.2) is 11.3 Å². The number of carbonyl (C=O) groups excluding carboxylic acids is 1. The van der Waals surface area contributed by atoms with Crippen LogP contribution >= 0.6 is 11.3 Å². The zero-order valence-corrected chi connectivity index (χ0v) is 19.7. The maximum atomic E-state index is 13.3. The number of nitrogens with one attached hydrogen (secondary N) is 1. The Hall–Kier alpha value is -3.77. The first-order valence-corrected chi connectivity index (χ1v) is 12.4. The summed E-state index contributed by atoms with van der Waals surface area (Å²) in [6.45, 7) is 1.18. The Morgan fingerprint density at radius 2 is 1.65 bits per heavy atom. The SMILES string of the molecule is O=C(NCCCCc1ccccc1)c1nn(Cc2ccccc2)c2nccc(-c3cccs3)c12. The van der Waals surface area contributed by atoms with Crippen molar-refractivity contribution in [2.75, 3.05) is 6.54 Å². The number of nitrogens with zero attached hydrogens (tertiary/aromatic N) is 3. The molecule has 5 rings (SSSR count). The molecule has 0 unspecified atom stereocenters. The number of aromatic nitrogens is 3. The number of unbranched alkanes of at least 4 members (excludes halogenated alkanes) is 1. The minimum atomic E-state index is -0.151. The van der Waals surface area contributed by atoms with Crippen LogP contribution in [0.5, 0.6) is 0 Å². The first-order chi connectivity index (χ1) is 16.8. The lowest BCUT2D eigenvalue weighted by molar-refractivity contribution is 0.0949. The van der Waals surface area contributed by atoms with Crippen LogP contribution in [0.15, 0.2) is 90.4 Å². The van der Waals surface area contributed by atoms with E-state index in [9.17, 15) is 4.79 Å². The quantitative estimate of drug-likeness (QED) is 0.273. The van der Waals surface area contributed by atoms with Crippen molar-refractivity contribution in [1.29, 1.82) is 0 Å². The number of aryl methyl sites for hydroxylation is 1. The molecule has 1 amide bonds. The molecule has 3 heterocycles. The fourth-order valence-corrected chi connectivity index (χ4v) is 4.90. The number of rotatable bonds is 9. The van der Waals surface area contributed by atoms with Gasteiger partial charge in [-0.25, -0.2) is 9.67 Å². The van der Waals surface area contributed by atoms with Crippen molar-refractivity contribution in [1.82, 2.24) is 20.1 Å². The van der Waals surface area contributed by atoms with Crippen LogP contribution in [-0.4, -0.2) is 27.2 Å². The van der Waals surface area contributed by atoms with Gasteiger partial charge in [-0.3, -0.25) is 4.79 Å². The lowest BCUT2D eigenvalue weighted by atomic mass is 10.1. The molecule has 0 radical (unpaired) electrons. The van der Waals surface area contributed by atoms with Crippen LogP contribution in [0.3, 0.4) is 0 Å². The van der Waals surface area contributed by atoms with Crippen LogP contribution in [0.4, 0.5) is 0 Å². The summed E-state index contributed by atoms with van der Waals surface area (Å²) in [6.07, 6.45) is 4.75. The van der Waals surface area contributed by atoms with Crippen LogP contribution in [0.2, 0.25) is 0 Å². The van der Waals surface area contributed by atoms with E-state index in [-0.39, 0.29) is 5.91 Å². The minimum Gasteiger partial charge on any atom is -0.351 e. The number of benzene rings is 2. The maximum absolute atomic E-state index is 13.3. The second-order valence-electron chi connectivity index (χ2n) is 8.22. The van der Waals surface area contributed by atoms with Gasteiger partial charge >= 0.3 is 0 Å². The number of carbonyl (C=O) groups is 1. The van der Waals surface area contributed by atoms with Crippen LogP contribution in [-0.2, 0) is 13.0 Å². The van der Waals surface area contributed by atoms with Crippen molar-refractivity contribution >= 4 is 28.3 Å². The molecule has 0 fully saturated rings. The zero-order chi connectivity index (χ0) is 23.2. The lowest BCUT2D eigenvalue weighted by Crippen LogP contribution is -2.25. The van der Waals surface area contributed by atoms with Gasteiger partial charge in [0.05, 0.1) is 11.9 Å². The number of thiophene rings is 1. The molecule has 0 atom stereocenters.